The molecule has 27 heavy (non-hydrogen) atoms. The molecule has 0 aliphatic carbocycles. The third kappa shape index (κ3) is 6.42. The monoisotopic (exact) mass is 393 g/mol. The van der Waals surface area contributed by atoms with Crippen molar-refractivity contribution in [2.75, 3.05) is 6.54 Å². The van der Waals surface area contributed by atoms with Crippen molar-refractivity contribution in [2.24, 2.45) is 5.14 Å². The van der Waals surface area contributed by atoms with E-state index in [-0.39, 0.29) is 22.7 Å². The number of amides is 1. The van der Waals surface area contributed by atoms with Crippen molar-refractivity contribution < 1.29 is 17.6 Å². The van der Waals surface area contributed by atoms with Crippen LogP contribution in [0.2, 0.25) is 0 Å². The normalized spacial score (nSPS) is 13.8. The number of primary sulfonamides is 1. The number of hydrogen-bond donors (Lipinski definition) is 3. The Labute approximate surface area is 159 Å². The van der Waals surface area contributed by atoms with Gasteiger partial charge in [0.25, 0.3) is 0 Å². The Balaban J connectivity index is 1.83. The second-order valence-electron chi connectivity index (χ2n) is 6.39. The predicted molar refractivity (Wildman–Crippen MR) is 102 cm³/mol. The van der Waals surface area contributed by atoms with Gasteiger partial charge in [-0.1, -0.05) is 24.3 Å². The van der Waals surface area contributed by atoms with Crippen molar-refractivity contribution in [1.29, 1.82) is 0 Å². The first-order valence-corrected chi connectivity index (χ1v) is 10.1. The SMILES string of the molecule is CC(NC(C)c1ccc(S(N)(=O)=O)cc1)C(=O)NCCc1ccc(F)cc1. The summed E-state index contributed by atoms with van der Waals surface area (Å²) in [6.07, 6.45) is 0.614. The second-order valence-corrected chi connectivity index (χ2v) is 7.95. The van der Waals surface area contributed by atoms with Crippen LogP contribution in [-0.2, 0) is 21.2 Å². The average molecular weight is 393 g/mol. The quantitative estimate of drug-likeness (QED) is 0.637. The van der Waals surface area contributed by atoms with E-state index >= 15 is 0 Å². The molecule has 0 saturated carbocycles. The molecule has 0 heterocycles. The Bertz CT molecular complexity index is 868. The molecule has 0 aromatic heterocycles. The van der Waals surface area contributed by atoms with E-state index in [4.69, 9.17) is 5.14 Å². The summed E-state index contributed by atoms with van der Waals surface area (Å²) in [6.45, 7) is 4.09. The van der Waals surface area contributed by atoms with Gasteiger partial charge < -0.3 is 5.32 Å². The molecule has 0 spiro atoms. The predicted octanol–water partition coefficient (Wildman–Crippen LogP) is 1.87. The molecule has 2 aromatic carbocycles. The standard InChI is InChI=1S/C19H24FN3O3S/c1-13(16-5-9-18(10-6-16)27(21,25)26)23-14(2)19(24)22-12-11-15-3-7-17(20)8-4-15/h3-10,13-14,23H,11-12H2,1-2H3,(H,22,24)(H2,21,25,26). The molecule has 0 aliphatic heterocycles. The van der Waals surface area contributed by atoms with Crippen LogP contribution < -0.4 is 15.8 Å². The van der Waals surface area contributed by atoms with Crippen molar-refractivity contribution >= 4 is 15.9 Å². The molecule has 1 amide bonds. The summed E-state index contributed by atoms with van der Waals surface area (Å²) in [7, 11) is -3.72. The van der Waals surface area contributed by atoms with Gasteiger partial charge in [0.1, 0.15) is 5.82 Å². The van der Waals surface area contributed by atoms with Gasteiger partial charge in [0.2, 0.25) is 15.9 Å². The van der Waals surface area contributed by atoms with Crippen molar-refractivity contribution in [1.82, 2.24) is 10.6 Å². The molecule has 8 heteroatoms. The Morgan fingerprint density at radius 3 is 2.22 bits per heavy atom. The van der Waals surface area contributed by atoms with Gasteiger partial charge >= 0.3 is 0 Å². The van der Waals surface area contributed by atoms with Crippen molar-refractivity contribution in [3.63, 3.8) is 0 Å². The van der Waals surface area contributed by atoms with Crippen LogP contribution in [0.3, 0.4) is 0 Å². The Kier molecular flexibility index (Phi) is 7.06. The van der Waals surface area contributed by atoms with Crippen molar-refractivity contribution in [3.8, 4) is 0 Å². The van der Waals surface area contributed by atoms with Crippen molar-refractivity contribution in [3.05, 3.63) is 65.5 Å². The van der Waals surface area contributed by atoms with E-state index in [9.17, 15) is 17.6 Å². The summed E-state index contributed by atoms with van der Waals surface area (Å²) in [5, 5.41) is 11.1. The molecule has 0 bridgehead atoms. The van der Waals surface area contributed by atoms with Crippen LogP contribution >= 0.6 is 0 Å². The minimum atomic E-state index is -3.72. The van der Waals surface area contributed by atoms with Crippen LogP contribution in [0.25, 0.3) is 0 Å². The first-order valence-electron chi connectivity index (χ1n) is 8.58. The molecule has 2 rings (SSSR count). The van der Waals surface area contributed by atoms with Crippen LogP contribution in [0.4, 0.5) is 4.39 Å². The molecule has 146 valence electrons. The summed E-state index contributed by atoms with van der Waals surface area (Å²) in [5.74, 6) is -0.434. The van der Waals surface area contributed by atoms with Gasteiger partial charge in [0.15, 0.2) is 0 Å². The van der Waals surface area contributed by atoms with E-state index < -0.39 is 16.1 Å². The van der Waals surface area contributed by atoms with Crippen LogP contribution in [0.1, 0.15) is 31.0 Å². The molecule has 2 unspecified atom stereocenters. The molecule has 0 aliphatic rings. The number of carbonyl (C=O) groups is 1. The summed E-state index contributed by atoms with van der Waals surface area (Å²) in [5.41, 5.74) is 1.79. The molecule has 6 nitrogen and oxygen atoms in total. The molecule has 0 fully saturated rings. The van der Waals surface area contributed by atoms with E-state index in [0.29, 0.717) is 13.0 Å². The zero-order chi connectivity index (χ0) is 20.0. The summed E-state index contributed by atoms with van der Waals surface area (Å²) in [6, 6.07) is 11.8. The number of benzene rings is 2. The topological polar surface area (TPSA) is 101 Å². The summed E-state index contributed by atoms with van der Waals surface area (Å²) >= 11 is 0. The molecule has 2 aromatic rings. The minimum Gasteiger partial charge on any atom is -0.354 e. The highest BCUT2D eigenvalue weighted by atomic mass is 32.2. The number of rotatable bonds is 8. The smallest absolute Gasteiger partial charge is 0.238 e. The maximum Gasteiger partial charge on any atom is 0.238 e. The number of nitrogens with two attached hydrogens (primary N) is 1. The van der Waals surface area contributed by atoms with Gasteiger partial charge in [0.05, 0.1) is 10.9 Å². The van der Waals surface area contributed by atoms with E-state index in [1.807, 2.05) is 6.92 Å². The summed E-state index contributed by atoms with van der Waals surface area (Å²) in [4.78, 5) is 12.3. The van der Waals surface area contributed by atoms with E-state index in [2.05, 4.69) is 10.6 Å². The lowest BCUT2D eigenvalue weighted by Gasteiger charge is -2.20. The molecule has 0 radical (unpaired) electrons. The number of sulfonamides is 1. The number of carbonyl (C=O) groups excluding carboxylic acids is 1. The zero-order valence-electron chi connectivity index (χ0n) is 15.3. The Morgan fingerprint density at radius 1 is 1.07 bits per heavy atom. The third-order valence-electron chi connectivity index (χ3n) is 4.23. The van der Waals surface area contributed by atoms with Crippen LogP contribution in [-0.4, -0.2) is 26.9 Å². The molecule has 2 atom stereocenters. The van der Waals surface area contributed by atoms with Crippen molar-refractivity contribution in [2.45, 2.75) is 37.2 Å². The minimum absolute atomic E-state index is 0.0463. The van der Waals surface area contributed by atoms with E-state index in [1.54, 1.807) is 31.2 Å². The highest BCUT2D eigenvalue weighted by Gasteiger charge is 2.16. The average Bonchev–Trinajstić information content (AvgIpc) is 2.62. The molecular weight excluding hydrogens is 369 g/mol. The van der Waals surface area contributed by atoms with Crippen LogP contribution in [0.5, 0.6) is 0 Å². The van der Waals surface area contributed by atoms with Gasteiger partial charge in [0, 0.05) is 12.6 Å². The fourth-order valence-electron chi connectivity index (χ4n) is 2.63. The lowest BCUT2D eigenvalue weighted by atomic mass is 10.1. The molecule has 0 saturated heterocycles. The lowest BCUT2D eigenvalue weighted by Crippen LogP contribution is -2.43. The molecule has 4 N–H and O–H groups in total. The maximum absolute atomic E-state index is 12.9. The maximum atomic E-state index is 12.9. The van der Waals surface area contributed by atoms with E-state index in [1.165, 1.54) is 24.3 Å². The Hall–Kier alpha value is -2.29. The van der Waals surface area contributed by atoms with Crippen LogP contribution in [0.15, 0.2) is 53.4 Å². The van der Waals surface area contributed by atoms with Crippen LogP contribution in [0, 0.1) is 5.82 Å². The summed E-state index contributed by atoms with van der Waals surface area (Å²) < 4.78 is 35.5. The van der Waals surface area contributed by atoms with Gasteiger partial charge in [-0.2, -0.15) is 0 Å². The number of nitrogens with one attached hydrogen (secondary N) is 2. The molecular formula is C19H24FN3O3S. The largest absolute Gasteiger partial charge is 0.354 e. The zero-order valence-corrected chi connectivity index (χ0v) is 16.1. The van der Waals surface area contributed by atoms with E-state index in [0.717, 1.165) is 11.1 Å². The van der Waals surface area contributed by atoms with Gasteiger partial charge in [-0.3, -0.25) is 10.1 Å². The highest BCUT2D eigenvalue weighted by molar-refractivity contribution is 7.89. The van der Waals surface area contributed by atoms with Gasteiger partial charge in [-0.25, -0.2) is 17.9 Å². The second kappa shape index (κ2) is 9.07. The number of halogens is 1. The number of hydrogen-bond acceptors (Lipinski definition) is 4. The first kappa shape index (κ1) is 21.0. The lowest BCUT2D eigenvalue weighted by molar-refractivity contribution is -0.122. The third-order valence-corrected chi connectivity index (χ3v) is 5.16. The fraction of sp³-hybridized carbons (Fsp3) is 0.316. The first-order chi connectivity index (χ1) is 12.7. The van der Waals surface area contributed by atoms with Gasteiger partial charge in [-0.15, -0.1) is 0 Å². The fourth-order valence-corrected chi connectivity index (χ4v) is 3.14. The Morgan fingerprint density at radius 2 is 1.67 bits per heavy atom. The van der Waals surface area contributed by atoms with Gasteiger partial charge in [-0.05, 0) is 55.7 Å². The highest BCUT2D eigenvalue weighted by Crippen LogP contribution is 2.16.